The summed E-state index contributed by atoms with van der Waals surface area (Å²) in [6.45, 7) is 6.03. The molecule has 0 spiro atoms. The number of ketones is 1. The summed E-state index contributed by atoms with van der Waals surface area (Å²) in [4.78, 5) is 21.8. The molecule has 0 radical (unpaired) electrons. The first-order chi connectivity index (χ1) is 18.4. The summed E-state index contributed by atoms with van der Waals surface area (Å²) in [5, 5.41) is 8.68. The van der Waals surface area contributed by atoms with Gasteiger partial charge in [-0.2, -0.15) is 0 Å². The zero-order chi connectivity index (χ0) is 30.7. The van der Waals surface area contributed by atoms with Gasteiger partial charge in [-0.3, -0.25) is 4.79 Å². The molecule has 3 aromatic rings. The van der Waals surface area contributed by atoms with E-state index in [1.807, 2.05) is 13.8 Å². The molecule has 0 atom stereocenters. The second-order valence-electron chi connectivity index (χ2n) is 8.75. The number of hydrogen-bond donors (Lipinski definition) is 1. The van der Waals surface area contributed by atoms with Crippen LogP contribution in [0.5, 0.6) is 0 Å². The van der Waals surface area contributed by atoms with E-state index in [0.717, 1.165) is 24.3 Å². The number of carbonyl (C=O) groups excluding carboxylic acids is 2. The molecule has 218 valence electrons. The maximum atomic E-state index is 11.5. The largest absolute Gasteiger partial charge is 1.00 e. The second-order valence-corrected chi connectivity index (χ2v) is 14.4. The van der Waals surface area contributed by atoms with E-state index in [-0.39, 0.29) is 56.6 Å². The third kappa shape index (κ3) is 14.4. The van der Waals surface area contributed by atoms with Crippen molar-refractivity contribution in [1.29, 1.82) is 0 Å². The molecule has 1 N–H and O–H groups in total. The van der Waals surface area contributed by atoms with Gasteiger partial charge >= 0.3 is 29.6 Å². The van der Waals surface area contributed by atoms with E-state index >= 15 is 0 Å². The van der Waals surface area contributed by atoms with Gasteiger partial charge in [-0.25, -0.2) is 25.3 Å². The maximum absolute atomic E-state index is 11.5. The number of nitrogens with zero attached hydrogens (tertiary/aromatic N) is 1. The van der Waals surface area contributed by atoms with Gasteiger partial charge in [-0.1, -0.05) is 47.5 Å². The summed E-state index contributed by atoms with van der Waals surface area (Å²) < 4.78 is 70.8. The van der Waals surface area contributed by atoms with Gasteiger partial charge in [0.2, 0.25) is 0 Å². The van der Waals surface area contributed by atoms with Gasteiger partial charge in [0, 0.05) is 6.26 Å². The Balaban J connectivity index is 0.000000580. The molecule has 1 amide bonds. The number of aryl methyl sites for hydroxylation is 2. The average molecular weight is 634 g/mol. The van der Waals surface area contributed by atoms with Crippen LogP contribution in [-0.2, 0) is 45.9 Å². The molecular formula is C27H32NNaO9S3. The normalized spacial score (nSPS) is 11.0. The average Bonchev–Trinajstić information content (AvgIpc) is 2.83. The Kier molecular flexibility index (Phi) is 15.9. The molecule has 0 aromatic heterocycles. The fourth-order valence-corrected chi connectivity index (χ4v) is 5.68. The molecule has 0 aliphatic carbocycles. The molecule has 3 aromatic carbocycles. The molecule has 0 aliphatic heterocycles. The number of sulfonamides is 1. The molecule has 10 nitrogen and oxygen atoms in total. The predicted octanol–water partition coefficient (Wildman–Crippen LogP) is 0.548. The Hall–Kier alpha value is -2.39. The first-order valence-corrected chi connectivity index (χ1v) is 16.6. The Morgan fingerprint density at radius 3 is 1.41 bits per heavy atom. The van der Waals surface area contributed by atoms with Crippen LogP contribution in [0.15, 0.2) is 87.5 Å². The van der Waals surface area contributed by atoms with E-state index < -0.39 is 41.4 Å². The molecule has 0 unspecified atom stereocenters. The fraction of sp³-hybridized carbons (Fsp3) is 0.259. The summed E-state index contributed by atoms with van der Waals surface area (Å²) in [6.07, 6.45) is 1.15. The number of benzene rings is 3. The molecule has 0 aliphatic rings. The van der Waals surface area contributed by atoms with E-state index in [4.69, 9.17) is 5.11 Å². The van der Waals surface area contributed by atoms with Crippen LogP contribution < -0.4 is 29.6 Å². The van der Waals surface area contributed by atoms with Crippen molar-refractivity contribution in [3.8, 4) is 0 Å². The van der Waals surface area contributed by atoms with Crippen LogP contribution in [0.1, 0.15) is 30.5 Å². The Labute approximate surface area is 264 Å². The molecule has 14 heteroatoms. The van der Waals surface area contributed by atoms with Crippen molar-refractivity contribution >= 4 is 41.4 Å². The summed E-state index contributed by atoms with van der Waals surface area (Å²) in [6, 6.07) is 18.8. The Morgan fingerprint density at radius 1 is 0.683 bits per heavy atom. The van der Waals surface area contributed by atoms with Crippen LogP contribution in [0, 0.1) is 13.8 Å². The molecule has 0 bridgehead atoms. The van der Waals surface area contributed by atoms with Gasteiger partial charge in [0.1, 0.15) is 21.6 Å². The van der Waals surface area contributed by atoms with E-state index in [0.29, 0.717) is 5.56 Å². The summed E-state index contributed by atoms with van der Waals surface area (Å²) in [5.41, 5.74) is 2.65. The van der Waals surface area contributed by atoms with Crippen molar-refractivity contribution in [3.63, 3.8) is 0 Å². The second kappa shape index (κ2) is 16.9. The van der Waals surface area contributed by atoms with Crippen LogP contribution in [0.25, 0.3) is 4.72 Å². The third-order valence-electron chi connectivity index (χ3n) is 4.88. The monoisotopic (exact) mass is 633 g/mol. The van der Waals surface area contributed by atoms with Crippen molar-refractivity contribution in [2.45, 2.75) is 49.0 Å². The number of Topliss-reactive ketones (excluding diaryl/α,β-unsaturated/α-hetero) is 1. The number of aliphatic hydroxyl groups excluding tert-OH is 1. The van der Waals surface area contributed by atoms with Crippen LogP contribution in [0.4, 0.5) is 0 Å². The zero-order valence-electron chi connectivity index (χ0n) is 23.7. The van der Waals surface area contributed by atoms with Gasteiger partial charge in [0.15, 0.2) is 19.7 Å². The number of rotatable bonds is 7. The van der Waals surface area contributed by atoms with Crippen LogP contribution >= 0.6 is 0 Å². The van der Waals surface area contributed by atoms with E-state index in [1.165, 1.54) is 43.3 Å². The van der Waals surface area contributed by atoms with Crippen molar-refractivity contribution in [2.24, 2.45) is 0 Å². The third-order valence-corrected chi connectivity index (χ3v) is 9.15. The van der Waals surface area contributed by atoms with Crippen LogP contribution in [-0.4, -0.2) is 54.1 Å². The van der Waals surface area contributed by atoms with Gasteiger partial charge in [-0.15, -0.1) is 0 Å². The quantitative estimate of drug-likeness (QED) is 0.365. The first kappa shape index (κ1) is 38.6. The first-order valence-electron chi connectivity index (χ1n) is 11.6. The van der Waals surface area contributed by atoms with E-state index in [1.54, 1.807) is 36.4 Å². The molecule has 41 heavy (non-hydrogen) atoms. The topological polar surface area (TPSA) is 171 Å². The number of hydrogen-bond acceptors (Lipinski definition) is 9. The van der Waals surface area contributed by atoms with Crippen LogP contribution in [0.2, 0.25) is 0 Å². The Bertz CT molecular complexity index is 1530. The van der Waals surface area contributed by atoms with Crippen molar-refractivity contribution < 1.29 is 69.5 Å². The standard InChI is InChI=1S/C10H12O3S.C9H11NO3S.C8H10O3S.Na/c1-8-3-5-10(6-4-8)14(12,13)7-9(2)11;1-7-3-5-9(6-4-7)14(12,13)10-8(2)11;1-12(10,11)8-4-2-7(6-9)3-5-8;/h3-6H,7H2,1-2H3;3-6H,1-2H3,(H,10,11);2-5,9H,6H2,1H3;/q;;;+1/p-1. The number of carbonyl (C=O) groups is 2. The fourth-order valence-electron chi connectivity index (χ4n) is 2.87. The summed E-state index contributed by atoms with van der Waals surface area (Å²) >= 11 is 0. The SMILES string of the molecule is CC(=O)CS(=O)(=O)c1ccc(C)cc1.CC(=O)[N-]S(=O)(=O)c1ccc(C)cc1.CS(=O)(=O)c1ccc(CO)cc1.[Na+]. The number of sulfone groups is 2. The molecule has 3 rings (SSSR count). The van der Waals surface area contributed by atoms with Crippen molar-refractivity contribution in [1.82, 2.24) is 0 Å². The minimum atomic E-state index is -3.80. The van der Waals surface area contributed by atoms with E-state index in [2.05, 4.69) is 4.72 Å². The summed E-state index contributed by atoms with van der Waals surface area (Å²) in [7, 11) is -10.3. The maximum Gasteiger partial charge on any atom is 1.00 e. The van der Waals surface area contributed by atoms with Crippen LogP contribution in [0.3, 0.4) is 0 Å². The van der Waals surface area contributed by atoms with Gasteiger partial charge < -0.3 is 14.6 Å². The smallest absolute Gasteiger partial charge is 0.542 e. The number of aliphatic hydroxyl groups is 1. The van der Waals surface area contributed by atoms with Gasteiger partial charge in [0.05, 0.1) is 27.2 Å². The Morgan fingerprint density at radius 2 is 1.07 bits per heavy atom. The number of amides is 1. The molecule has 0 fully saturated rings. The molecule has 0 saturated heterocycles. The summed E-state index contributed by atoms with van der Waals surface area (Å²) in [5.74, 6) is -1.48. The minimum Gasteiger partial charge on any atom is -0.542 e. The molecular weight excluding hydrogens is 601 g/mol. The predicted molar refractivity (Wildman–Crippen MR) is 152 cm³/mol. The molecule has 0 saturated carbocycles. The van der Waals surface area contributed by atoms with Gasteiger partial charge in [0.25, 0.3) is 0 Å². The van der Waals surface area contributed by atoms with Crippen molar-refractivity contribution in [2.75, 3.05) is 12.0 Å². The zero-order valence-corrected chi connectivity index (χ0v) is 28.2. The van der Waals surface area contributed by atoms with E-state index in [9.17, 15) is 34.8 Å². The molecule has 0 heterocycles. The van der Waals surface area contributed by atoms with Gasteiger partial charge in [-0.05, 0) is 69.7 Å². The minimum absolute atomic E-state index is 0. The van der Waals surface area contributed by atoms with Crippen molar-refractivity contribution in [3.05, 3.63) is 94.2 Å².